The van der Waals surface area contributed by atoms with Gasteiger partial charge in [0, 0.05) is 18.2 Å². The Morgan fingerprint density at radius 2 is 2.25 bits per heavy atom. The Morgan fingerprint density at radius 1 is 1.50 bits per heavy atom. The summed E-state index contributed by atoms with van der Waals surface area (Å²) in [4.78, 5) is -0.319. The van der Waals surface area contributed by atoms with Crippen LogP contribution in [0.15, 0.2) is 23.1 Å². The summed E-state index contributed by atoms with van der Waals surface area (Å²) in [5.41, 5.74) is 0.338. The molecule has 0 saturated carbocycles. The minimum absolute atomic E-state index is 0.103. The number of nitrogens with zero attached hydrogens (tertiary/aromatic N) is 1. The Hall–Kier alpha value is -1.42. The number of rotatable bonds is 2. The molecular weight excluding hydrogens is 281 g/mol. The maximum Gasteiger partial charge on any atom is 0.246 e. The maximum atomic E-state index is 14.0. The quantitative estimate of drug-likeness (QED) is 0.838. The first-order chi connectivity index (χ1) is 9.46. The Labute approximate surface area is 118 Å². The van der Waals surface area contributed by atoms with Gasteiger partial charge in [-0.05, 0) is 38.0 Å². The van der Waals surface area contributed by atoms with Crippen molar-refractivity contribution in [1.82, 2.24) is 4.31 Å². The summed E-state index contributed by atoms with van der Waals surface area (Å²) in [5.74, 6) is 4.12. The third-order valence-electron chi connectivity index (χ3n) is 3.32. The van der Waals surface area contributed by atoms with Crippen LogP contribution in [-0.4, -0.2) is 37.0 Å². The second kappa shape index (κ2) is 5.92. The zero-order valence-corrected chi connectivity index (χ0v) is 12.0. The number of aliphatic hydroxyl groups is 1. The fraction of sp³-hybridized carbons (Fsp3) is 0.429. The van der Waals surface area contributed by atoms with Gasteiger partial charge in [0.05, 0.1) is 0 Å². The van der Waals surface area contributed by atoms with Crippen LogP contribution < -0.4 is 0 Å². The Balaban J connectivity index is 2.38. The third-order valence-corrected chi connectivity index (χ3v) is 5.37. The van der Waals surface area contributed by atoms with Gasteiger partial charge in [0.1, 0.15) is 17.3 Å². The molecule has 0 aliphatic carbocycles. The summed E-state index contributed by atoms with van der Waals surface area (Å²) in [7, 11) is -3.80. The summed E-state index contributed by atoms with van der Waals surface area (Å²) in [6, 6.07) is 3.65. The topological polar surface area (TPSA) is 57.6 Å². The highest BCUT2D eigenvalue weighted by Gasteiger charge is 2.34. The van der Waals surface area contributed by atoms with Crippen molar-refractivity contribution in [2.24, 2.45) is 0 Å². The number of aliphatic hydroxyl groups excluding tert-OH is 1. The predicted molar refractivity (Wildman–Crippen MR) is 73.0 cm³/mol. The lowest BCUT2D eigenvalue weighted by Crippen LogP contribution is -2.34. The van der Waals surface area contributed by atoms with Crippen LogP contribution in [0.4, 0.5) is 4.39 Å². The van der Waals surface area contributed by atoms with Gasteiger partial charge < -0.3 is 5.11 Å². The van der Waals surface area contributed by atoms with Crippen molar-refractivity contribution in [2.75, 3.05) is 13.2 Å². The molecule has 1 unspecified atom stereocenters. The first-order valence-electron chi connectivity index (χ1n) is 6.38. The molecule has 1 aliphatic rings. The molecule has 2 rings (SSSR count). The van der Waals surface area contributed by atoms with Crippen LogP contribution in [0.2, 0.25) is 0 Å². The summed E-state index contributed by atoms with van der Waals surface area (Å²) in [6.45, 7) is 1.92. The first-order valence-corrected chi connectivity index (χ1v) is 7.82. The summed E-state index contributed by atoms with van der Waals surface area (Å²) >= 11 is 0. The zero-order chi connectivity index (χ0) is 14.8. The van der Waals surface area contributed by atoms with E-state index in [1.807, 2.05) is 6.92 Å². The first kappa shape index (κ1) is 15.0. The predicted octanol–water partition coefficient (Wildman–Crippen LogP) is 1.34. The lowest BCUT2D eigenvalue weighted by molar-refractivity contribution is 0.350. The third kappa shape index (κ3) is 2.85. The van der Waals surface area contributed by atoms with Crippen LogP contribution in [-0.2, 0) is 10.0 Å². The van der Waals surface area contributed by atoms with Gasteiger partial charge in [-0.3, -0.25) is 0 Å². The number of benzene rings is 1. The van der Waals surface area contributed by atoms with Crippen molar-refractivity contribution in [2.45, 2.75) is 30.7 Å². The standard InChI is InChI=1S/C14H16FNO3S/c1-11-4-2-8-16(11)20(18,19)14-7-6-12(5-3-9-17)10-13(14)15/h6-7,10-11,17H,2,4,8-9H2,1H3. The summed E-state index contributed by atoms with van der Waals surface area (Å²) in [6.07, 6.45) is 1.59. The molecule has 1 fully saturated rings. The second-order valence-corrected chi connectivity index (χ2v) is 6.57. The highest BCUT2D eigenvalue weighted by Crippen LogP contribution is 2.27. The fourth-order valence-corrected chi connectivity index (χ4v) is 4.07. The van der Waals surface area contributed by atoms with Gasteiger partial charge in [0.2, 0.25) is 10.0 Å². The minimum Gasteiger partial charge on any atom is -0.384 e. The van der Waals surface area contributed by atoms with E-state index in [4.69, 9.17) is 5.11 Å². The average Bonchev–Trinajstić information content (AvgIpc) is 2.83. The van der Waals surface area contributed by atoms with E-state index in [1.54, 1.807) is 0 Å². The summed E-state index contributed by atoms with van der Waals surface area (Å²) in [5, 5.41) is 8.58. The van der Waals surface area contributed by atoms with Crippen LogP contribution >= 0.6 is 0 Å². The van der Waals surface area contributed by atoms with E-state index < -0.39 is 15.8 Å². The molecule has 0 radical (unpaired) electrons. The lowest BCUT2D eigenvalue weighted by atomic mass is 10.2. The van der Waals surface area contributed by atoms with E-state index in [9.17, 15) is 12.8 Å². The van der Waals surface area contributed by atoms with Gasteiger partial charge in [-0.1, -0.05) is 11.8 Å². The van der Waals surface area contributed by atoms with E-state index in [1.165, 1.54) is 16.4 Å². The van der Waals surface area contributed by atoms with Crippen molar-refractivity contribution >= 4 is 10.0 Å². The second-order valence-electron chi connectivity index (χ2n) is 4.71. The van der Waals surface area contributed by atoms with Gasteiger partial charge >= 0.3 is 0 Å². The number of hydrogen-bond acceptors (Lipinski definition) is 3. The molecule has 0 aromatic heterocycles. The number of hydrogen-bond donors (Lipinski definition) is 1. The number of halogens is 1. The van der Waals surface area contributed by atoms with Crippen molar-refractivity contribution < 1.29 is 17.9 Å². The molecule has 0 bridgehead atoms. The molecule has 6 heteroatoms. The van der Waals surface area contributed by atoms with Gasteiger partial charge in [0.25, 0.3) is 0 Å². The van der Waals surface area contributed by atoms with E-state index in [2.05, 4.69) is 11.8 Å². The Morgan fingerprint density at radius 3 is 2.80 bits per heavy atom. The SMILES string of the molecule is CC1CCCN1S(=O)(=O)c1ccc(C#CCO)cc1F. The highest BCUT2D eigenvalue weighted by molar-refractivity contribution is 7.89. The number of sulfonamides is 1. The molecule has 1 N–H and O–H groups in total. The van der Waals surface area contributed by atoms with Crippen molar-refractivity contribution in [3.05, 3.63) is 29.6 Å². The zero-order valence-electron chi connectivity index (χ0n) is 11.1. The van der Waals surface area contributed by atoms with E-state index in [0.717, 1.165) is 18.9 Å². The van der Waals surface area contributed by atoms with Gasteiger partial charge in [-0.25, -0.2) is 12.8 Å². The molecule has 1 atom stereocenters. The van der Waals surface area contributed by atoms with Gasteiger partial charge in [0.15, 0.2) is 0 Å². The molecule has 4 nitrogen and oxygen atoms in total. The van der Waals surface area contributed by atoms with E-state index in [-0.39, 0.29) is 17.5 Å². The van der Waals surface area contributed by atoms with Gasteiger partial charge in [-0.2, -0.15) is 4.31 Å². The highest BCUT2D eigenvalue weighted by atomic mass is 32.2. The van der Waals surface area contributed by atoms with Crippen molar-refractivity contribution in [1.29, 1.82) is 0 Å². The molecule has 1 heterocycles. The maximum absolute atomic E-state index is 14.0. The molecule has 0 spiro atoms. The molecule has 108 valence electrons. The largest absolute Gasteiger partial charge is 0.384 e. The average molecular weight is 297 g/mol. The molecule has 1 aromatic carbocycles. The molecule has 1 aromatic rings. The minimum atomic E-state index is -3.80. The molecular formula is C14H16FNO3S. The van der Waals surface area contributed by atoms with Gasteiger partial charge in [-0.15, -0.1) is 0 Å². The van der Waals surface area contributed by atoms with Crippen LogP contribution in [0.3, 0.4) is 0 Å². The molecule has 1 aliphatic heterocycles. The Bertz CT molecular complexity index is 661. The Kier molecular flexibility index (Phi) is 4.43. The van der Waals surface area contributed by atoms with Crippen LogP contribution in [0.25, 0.3) is 0 Å². The lowest BCUT2D eigenvalue weighted by Gasteiger charge is -2.21. The molecule has 20 heavy (non-hydrogen) atoms. The fourth-order valence-electron chi connectivity index (χ4n) is 2.32. The van der Waals surface area contributed by atoms with Crippen LogP contribution in [0.1, 0.15) is 25.3 Å². The van der Waals surface area contributed by atoms with E-state index in [0.29, 0.717) is 12.1 Å². The van der Waals surface area contributed by atoms with Crippen molar-refractivity contribution in [3.63, 3.8) is 0 Å². The smallest absolute Gasteiger partial charge is 0.246 e. The summed E-state index contributed by atoms with van der Waals surface area (Å²) < 4.78 is 40.2. The normalized spacial score (nSPS) is 19.6. The monoisotopic (exact) mass is 297 g/mol. The van der Waals surface area contributed by atoms with Crippen LogP contribution in [0.5, 0.6) is 0 Å². The van der Waals surface area contributed by atoms with Crippen LogP contribution in [0, 0.1) is 17.7 Å². The van der Waals surface area contributed by atoms with E-state index >= 15 is 0 Å². The molecule has 0 amide bonds. The van der Waals surface area contributed by atoms with Crippen molar-refractivity contribution in [3.8, 4) is 11.8 Å². The molecule has 1 saturated heterocycles.